The number of rotatable bonds is 4. The number of carboxylic acids is 1. The van der Waals surface area contributed by atoms with E-state index in [1.54, 1.807) is 6.92 Å². The SMILES string of the molecule is CC(=O)O[C@@H](C)c1nc(-c2ccc(C(=O)O)c(F)c2)no1. The van der Waals surface area contributed by atoms with Gasteiger partial charge in [-0.1, -0.05) is 5.16 Å². The van der Waals surface area contributed by atoms with Crippen molar-refractivity contribution in [2.75, 3.05) is 0 Å². The van der Waals surface area contributed by atoms with Gasteiger partial charge >= 0.3 is 11.9 Å². The third-order valence-electron chi connectivity index (χ3n) is 2.59. The highest BCUT2D eigenvalue weighted by Gasteiger charge is 2.19. The molecule has 8 heteroatoms. The molecule has 0 unspecified atom stereocenters. The van der Waals surface area contributed by atoms with Gasteiger partial charge in [-0.2, -0.15) is 4.98 Å². The Morgan fingerprint density at radius 2 is 2.14 bits per heavy atom. The minimum absolute atomic E-state index is 0.0583. The van der Waals surface area contributed by atoms with Crippen molar-refractivity contribution in [2.45, 2.75) is 20.0 Å². The molecule has 1 aromatic carbocycles. The molecule has 21 heavy (non-hydrogen) atoms. The highest BCUT2D eigenvalue weighted by atomic mass is 19.1. The molecule has 0 aliphatic heterocycles. The molecule has 1 heterocycles. The van der Waals surface area contributed by atoms with Crippen LogP contribution in [-0.2, 0) is 9.53 Å². The number of hydrogen-bond acceptors (Lipinski definition) is 6. The van der Waals surface area contributed by atoms with E-state index in [9.17, 15) is 14.0 Å². The molecule has 0 fully saturated rings. The number of hydrogen-bond donors (Lipinski definition) is 1. The van der Waals surface area contributed by atoms with Crippen molar-refractivity contribution in [3.63, 3.8) is 0 Å². The van der Waals surface area contributed by atoms with E-state index in [1.165, 1.54) is 13.0 Å². The van der Waals surface area contributed by atoms with Gasteiger partial charge in [0.1, 0.15) is 5.82 Å². The summed E-state index contributed by atoms with van der Waals surface area (Å²) in [6.45, 7) is 2.79. The van der Waals surface area contributed by atoms with E-state index in [0.717, 1.165) is 12.1 Å². The number of carbonyl (C=O) groups is 2. The van der Waals surface area contributed by atoms with Crippen LogP contribution in [0.2, 0.25) is 0 Å². The molecule has 0 amide bonds. The fourth-order valence-corrected chi connectivity index (χ4v) is 1.64. The minimum atomic E-state index is -1.36. The Labute approximate surface area is 118 Å². The first-order chi connectivity index (χ1) is 9.88. The molecule has 0 bridgehead atoms. The average molecular weight is 294 g/mol. The average Bonchev–Trinajstić information content (AvgIpc) is 2.86. The maximum atomic E-state index is 13.6. The van der Waals surface area contributed by atoms with E-state index >= 15 is 0 Å². The van der Waals surface area contributed by atoms with Gasteiger partial charge in [-0.25, -0.2) is 9.18 Å². The van der Waals surface area contributed by atoms with Crippen LogP contribution in [0.4, 0.5) is 4.39 Å². The van der Waals surface area contributed by atoms with Gasteiger partial charge in [-0.3, -0.25) is 4.79 Å². The molecular weight excluding hydrogens is 283 g/mol. The molecule has 0 aliphatic rings. The van der Waals surface area contributed by atoms with Gasteiger partial charge in [-0.05, 0) is 25.1 Å². The highest BCUT2D eigenvalue weighted by Crippen LogP contribution is 2.22. The fourth-order valence-electron chi connectivity index (χ4n) is 1.64. The number of nitrogens with zero attached hydrogens (tertiary/aromatic N) is 2. The number of carboxylic acid groups (broad SMARTS) is 1. The van der Waals surface area contributed by atoms with Crippen molar-refractivity contribution in [3.05, 3.63) is 35.5 Å². The molecule has 1 atom stereocenters. The van der Waals surface area contributed by atoms with Gasteiger partial charge in [0.05, 0.1) is 5.56 Å². The summed E-state index contributed by atoms with van der Waals surface area (Å²) in [6.07, 6.45) is -0.730. The van der Waals surface area contributed by atoms with Crippen molar-refractivity contribution in [1.29, 1.82) is 0 Å². The summed E-state index contributed by atoms with van der Waals surface area (Å²) in [5.74, 6) is -2.64. The van der Waals surface area contributed by atoms with Gasteiger partial charge in [0.25, 0.3) is 5.89 Å². The lowest BCUT2D eigenvalue weighted by Gasteiger charge is -2.05. The van der Waals surface area contributed by atoms with E-state index in [1.807, 2.05) is 0 Å². The Morgan fingerprint density at radius 1 is 1.43 bits per heavy atom. The van der Waals surface area contributed by atoms with E-state index in [0.29, 0.717) is 0 Å². The molecule has 0 saturated carbocycles. The van der Waals surface area contributed by atoms with Gasteiger partial charge < -0.3 is 14.4 Å². The molecule has 2 aromatic rings. The quantitative estimate of drug-likeness (QED) is 0.862. The summed E-state index contributed by atoms with van der Waals surface area (Å²) in [7, 11) is 0. The van der Waals surface area contributed by atoms with Crippen LogP contribution in [0.15, 0.2) is 22.7 Å². The van der Waals surface area contributed by atoms with E-state index in [2.05, 4.69) is 10.1 Å². The zero-order valence-corrected chi connectivity index (χ0v) is 11.2. The van der Waals surface area contributed by atoms with Gasteiger partial charge in [-0.15, -0.1) is 0 Å². The second-order valence-electron chi connectivity index (χ2n) is 4.21. The van der Waals surface area contributed by atoms with E-state index in [-0.39, 0.29) is 17.3 Å². The Kier molecular flexibility index (Phi) is 3.97. The molecule has 2 rings (SSSR count). The number of ether oxygens (including phenoxy) is 1. The van der Waals surface area contributed by atoms with Crippen molar-refractivity contribution >= 4 is 11.9 Å². The van der Waals surface area contributed by atoms with Crippen LogP contribution in [0.1, 0.15) is 36.2 Å². The summed E-state index contributed by atoms with van der Waals surface area (Å²) in [5.41, 5.74) is -0.196. The normalized spacial score (nSPS) is 12.0. The predicted octanol–water partition coefficient (Wildman–Crippen LogP) is 2.20. The Balaban J connectivity index is 2.27. The van der Waals surface area contributed by atoms with Crippen LogP contribution in [0.3, 0.4) is 0 Å². The van der Waals surface area contributed by atoms with E-state index < -0.39 is 29.4 Å². The summed E-state index contributed by atoms with van der Waals surface area (Å²) in [6, 6.07) is 3.46. The minimum Gasteiger partial charge on any atom is -0.478 e. The lowest BCUT2D eigenvalue weighted by Crippen LogP contribution is -2.05. The van der Waals surface area contributed by atoms with Crippen LogP contribution in [0.5, 0.6) is 0 Å². The number of halogens is 1. The summed E-state index contributed by atoms with van der Waals surface area (Å²) >= 11 is 0. The molecule has 7 nitrogen and oxygen atoms in total. The summed E-state index contributed by atoms with van der Waals surface area (Å²) in [5, 5.41) is 12.4. The maximum absolute atomic E-state index is 13.6. The Hall–Kier alpha value is -2.77. The smallest absolute Gasteiger partial charge is 0.338 e. The molecule has 0 aliphatic carbocycles. The molecule has 0 spiro atoms. The summed E-state index contributed by atoms with van der Waals surface area (Å²) < 4.78 is 23.4. The second-order valence-corrected chi connectivity index (χ2v) is 4.21. The lowest BCUT2D eigenvalue weighted by molar-refractivity contribution is -0.147. The third-order valence-corrected chi connectivity index (χ3v) is 2.59. The van der Waals surface area contributed by atoms with Crippen LogP contribution in [0, 0.1) is 5.82 Å². The third kappa shape index (κ3) is 3.22. The van der Waals surface area contributed by atoms with Crippen LogP contribution in [-0.4, -0.2) is 27.2 Å². The van der Waals surface area contributed by atoms with Crippen LogP contribution < -0.4 is 0 Å². The van der Waals surface area contributed by atoms with Crippen molar-refractivity contribution in [3.8, 4) is 11.4 Å². The second kappa shape index (κ2) is 5.70. The number of aromatic carboxylic acids is 1. The molecule has 1 N–H and O–H groups in total. The number of esters is 1. The van der Waals surface area contributed by atoms with Crippen LogP contribution in [0.25, 0.3) is 11.4 Å². The molecule has 0 radical (unpaired) electrons. The van der Waals surface area contributed by atoms with Crippen LogP contribution >= 0.6 is 0 Å². The first-order valence-electron chi connectivity index (χ1n) is 5.92. The monoisotopic (exact) mass is 294 g/mol. The topological polar surface area (TPSA) is 103 Å². The highest BCUT2D eigenvalue weighted by molar-refractivity contribution is 5.88. The maximum Gasteiger partial charge on any atom is 0.338 e. The number of carbonyl (C=O) groups excluding carboxylic acids is 1. The molecule has 0 saturated heterocycles. The predicted molar refractivity (Wildman–Crippen MR) is 66.8 cm³/mol. The Bertz CT molecular complexity index is 698. The molecule has 1 aromatic heterocycles. The molecule has 110 valence electrons. The van der Waals surface area contributed by atoms with Crippen molar-refractivity contribution in [2.24, 2.45) is 0 Å². The number of benzene rings is 1. The van der Waals surface area contributed by atoms with Crippen molar-refractivity contribution in [1.82, 2.24) is 10.1 Å². The largest absolute Gasteiger partial charge is 0.478 e. The van der Waals surface area contributed by atoms with Gasteiger partial charge in [0.2, 0.25) is 5.82 Å². The molecular formula is C13H11FN2O5. The summed E-state index contributed by atoms with van der Waals surface area (Å²) in [4.78, 5) is 25.5. The van der Waals surface area contributed by atoms with Gasteiger partial charge in [0.15, 0.2) is 6.10 Å². The first-order valence-corrected chi connectivity index (χ1v) is 5.92. The van der Waals surface area contributed by atoms with Gasteiger partial charge in [0, 0.05) is 12.5 Å². The number of aromatic nitrogens is 2. The fraction of sp³-hybridized carbons (Fsp3) is 0.231. The standard InChI is InChI=1S/C13H11FN2O5/c1-6(20-7(2)17)12-15-11(16-21-12)8-3-4-9(13(18)19)10(14)5-8/h3-6H,1-2H3,(H,18,19)/t6-/m0/s1. The van der Waals surface area contributed by atoms with E-state index in [4.69, 9.17) is 14.4 Å². The zero-order chi connectivity index (χ0) is 15.6. The first kappa shape index (κ1) is 14.6. The van der Waals surface area contributed by atoms with Crippen molar-refractivity contribution < 1.29 is 28.3 Å². The lowest BCUT2D eigenvalue weighted by atomic mass is 10.1. The zero-order valence-electron chi connectivity index (χ0n) is 11.2. The Morgan fingerprint density at radius 3 is 2.71 bits per heavy atom.